The number of aromatic nitrogens is 2. The quantitative estimate of drug-likeness (QED) is 0.120. The molecule has 0 aliphatic carbocycles. The summed E-state index contributed by atoms with van der Waals surface area (Å²) < 4.78 is 12.4. The molecule has 1 aliphatic heterocycles. The van der Waals surface area contributed by atoms with E-state index >= 15 is 0 Å². The predicted molar refractivity (Wildman–Crippen MR) is 166 cm³/mol. The molecule has 0 amide bonds. The second kappa shape index (κ2) is 13.7. The van der Waals surface area contributed by atoms with Gasteiger partial charge >= 0.3 is 5.91 Å². The monoisotopic (exact) mass is 569 g/mol. The van der Waals surface area contributed by atoms with Gasteiger partial charge in [-0.05, 0) is 43.4 Å². The number of guanidine groups is 1. The van der Waals surface area contributed by atoms with Gasteiger partial charge in [0.2, 0.25) is 11.9 Å². The molecule has 1 aliphatic rings. The highest BCUT2D eigenvalue weighted by molar-refractivity contribution is 6.04. The van der Waals surface area contributed by atoms with Crippen LogP contribution in [-0.2, 0) is 4.74 Å². The van der Waals surface area contributed by atoms with Gasteiger partial charge in [0.05, 0.1) is 18.5 Å². The molecule has 0 fully saturated rings. The van der Waals surface area contributed by atoms with Crippen molar-refractivity contribution in [2.75, 3.05) is 42.3 Å². The molecular weight excluding hydrogens is 534 g/mol. The van der Waals surface area contributed by atoms with Gasteiger partial charge in [0.15, 0.2) is 5.82 Å². The third-order valence-electron chi connectivity index (χ3n) is 5.89. The van der Waals surface area contributed by atoms with Gasteiger partial charge in [-0.2, -0.15) is 9.98 Å². The second-order valence-electron chi connectivity index (χ2n) is 8.91. The Balaban J connectivity index is 0.000000385. The fourth-order valence-electron chi connectivity index (χ4n) is 3.81. The number of para-hydroxylation sites is 3. The van der Waals surface area contributed by atoms with E-state index in [0.717, 1.165) is 11.4 Å². The van der Waals surface area contributed by atoms with Crippen LogP contribution in [0.5, 0.6) is 5.75 Å². The summed E-state index contributed by atoms with van der Waals surface area (Å²) >= 11 is 0. The number of nitrogens with one attached hydrogen (secondary N) is 2. The number of ether oxygens (including phenoxy) is 2. The summed E-state index contributed by atoms with van der Waals surface area (Å²) in [5.74, 6) is -0.111. The van der Waals surface area contributed by atoms with E-state index in [1.54, 1.807) is 0 Å². The third-order valence-corrected chi connectivity index (χ3v) is 5.89. The molecule has 13 nitrogen and oxygen atoms in total. The number of hydrogen-bond acceptors (Lipinski definition) is 13. The van der Waals surface area contributed by atoms with Gasteiger partial charge in [-0.3, -0.25) is 4.90 Å². The van der Waals surface area contributed by atoms with Crippen molar-refractivity contribution in [1.82, 2.24) is 20.6 Å². The zero-order valence-electron chi connectivity index (χ0n) is 23.1. The van der Waals surface area contributed by atoms with Crippen molar-refractivity contribution in [3.63, 3.8) is 0 Å². The highest BCUT2D eigenvalue weighted by atomic mass is 16.7. The minimum atomic E-state index is -1.65. The van der Waals surface area contributed by atoms with Crippen LogP contribution >= 0.6 is 0 Å². The zero-order chi connectivity index (χ0) is 30.0. The van der Waals surface area contributed by atoms with E-state index in [-0.39, 0.29) is 23.3 Å². The standard InChI is InChI=1S/C25H28N6O2.C4H7N5/c1-28-17-18-32-25(33-21-15-9-4-10-16-21)22(26)23(27)29-24(30-25)31(19-11-5-2-6-12-19)20-13-7-3-8-14-20;5-2-1-8-4(7)9-3(2)6/h2-16,28H,17-18,26-27H2,1H3,(H,29,30);1H,5H2,(H4,6,7,8,9). The third kappa shape index (κ3) is 7.15. The van der Waals surface area contributed by atoms with Crippen molar-refractivity contribution >= 4 is 34.8 Å². The molecule has 12 N–H and O–H groups in total. The SMILES string of the molecule is CNCCOC1(Oc2ccccc2)N=C(N(c2ccccc2)c2ccccc2)NC(N)=C1N.Nc1ncc(N)c(N)n1. The molecule has 2 heterocycles. The number of aliphatic imine (C=N–C) groups is 1. The molecule has 1 atom stereocenters. The maximum absolute atomic E-state index is 6.42. The van der Waals surface area contributed by atoms with Crippen LogP contribution in [0.4, 0.5) is 28.8 Å². The Morgan fingerprint density at radius 1 is 0.833 bits per heavy atom. The molecule has 1 unspecified atom stereocenters. The first kappa shape index (κ1) is 29.5. The normalized spacial score (nSPS) is 16.0. The summed E-state index contributed by atoms with van der Waals surface area (Å²) in [5, 5.41) is 6.18. The highest BCUT2D eigenvalue weighted by Gasteiger charge is 2.44. The first-order chi connectivity index (χ1) is 20.3. The number of hydrogen-bond donors (Lipinski definition) is 7. The van der Waals surface area contributed by atoms with Gasteiger partial charge in [0, 0.05) is 17.9 Å². The van der Waals surface area contributed by atoms with E-state index in [9.17, 15) is 0 Å². The number of nitrogens with two attached hydrogens (primary N) is 5. The molecule has 0 bridgehead atoms. The van der Waals surface area contributed by atoms with E-state index in [2.05, 4.69) is 20.6 Å². The first-order valence-electron chi connectivity index (χ1n) is 13.0. The Bertz CT molecular complexity index is 1460. The molecule has 0 spiro atoms. The molecule has 42 heavy (non-hydrogen) atoms. The lowest BCUT2D eigenvalue weighted by Crippen LogP contribution is -2.55. The predicted octanol–water partition coefficient (Wildman–Crippen LogP) is 2.06. The molecule has 0 radical (unpaired) electrons. The lowest BCUT2D eigenvalue weighted by molar-refractivity contribution is -0.150. The Morgan fingerprint density at radius 2 is 1.40 bits per heavy atom. The number of anilines is 5. The van der Waals surface area contributed by atoms with Crippen molar-refractivity contribution in [3.8, 4) is 5.75 Å². The second-order valence-corrected chi connectivity index (χ2v) is 8.91. The zero-order valence-corrected chi connectivity index (χ0v) is 23.1. The van der Waals surface area contributed by atoms with Crippen LogP contribution in [-0.4, -0.2) is 42.0 Å². The van der Waals surface area contributed by atoms with Crippen LogP contribution in [0.15, 0.2) is 114 Å². The number of nitrogen functional groups attached to an aromatic ring is 3. The Kier molecular flexibility index (Phi) is 9.61. The molecule has 13 heteroatoms. The summed E-state index contributed by atoms with van der Waals surface area (Å²) in [6, 6.07) is 28.9. The maximum Gasteiger partial charge on any atom is 0.363 e. The Morgan fingerprint density at radius 3 is 1.93 bits per heavy atom. The highest BCUT2D eigenvalue weighted by Crippen LogP contribution is 2.32. The van der Waals surface area contributed by atoms with Gasteiger partial charge in [-0.1, -0.05) is 54.6 Å². The van der Waals surface area contributed by atoms with Crippen LogP contribution in [0.25, 0.3) is 0 Å². The molecule has 5 rings (SSSR count). The molecule has 218 valence electrons. The van der Waals surface area contributed by atoms with E-state index in [1.165, 1.54) is 6.20 Å². The van der Waals surface area contributed by atoms with E-state index in [0.29, 0.717) is 30.5 Å². The van der Waals surface area contributed by atoms with E-state index in [4.69, 9.17) is 43.1 Å². The molecule has 0 saturated heterocycles. The van der Waals surface area contributed by atoms with Crippen molar-refractivity contribution in [2.45, 2.75) is 5.91 Å². The molecular formula is C29H35N11O2. The minimum Gasteiger partial charge on any atom is -0.438 e. The molecule has 3 aromatic carbocycles. The minimum absolute atomic E-state index is 0.140. The lowest BCUT2D eigenvalue weighted by atomic mass is 10.2. The Hall–Kier alpha value is -5.53. The van der Waals surface area contributed by atoms with Gasteiger partial charge in [0.25, 0.3) is 0 Å². The van der Waals surface area contributed by atoms with Crippen molar-refractivity contribution < 1.29 is 9.47 Å². The van der Waals surface area contributed by atoms with Gasteiger partial charge in [-0.25, -0.2) is 4.98 Å². The fourth-order valence-corrected chi connectivity index (χ4v) is 3.81. The van der Waals surface area contributed by atoms with Crippen LogP contribution in [0.1, 0.15) is 0 Å². The average Bonchev–Trinajstić information content (AvgIpc) is 3.00. The summed E-state index contributed by atoms with van der Waals surface area (Å²) in [6.45, 7) is 0.872. The van der Waals surface area contributed by atoms with E-state index < -0.39 is 5.91 Å². The molecule has 0 saturated carbocycles. The average molecular weight is 570 g/mol. The first-order valence-corrected chi connectivity index (χ1v) is 13.0. The summed E-state index contributed by atoms with van der Waals surface area (Å²) in [5.41, 5.74) is 30.8. The number of rotatable bonds is 8. The number of likely N-dealkylation sites (N-methyl/N-ethyl adjacent to an activating group) is 1. The van der Waals surface area contributed by atoms with Crippen molar-refractivity contribution in [2.24, 2.45) is 16.5 Å². The maximum atomic E-state index is 6.42. The van der Waals surface area contributed by atoms with Gasteiger partial charge < -0.3 is 48.8 Å². The molecule has 1 aromatic heterocycles. The van der Waals surface area contributed by atoms with Crippen LogP contribution in [0, 0.1) is 0 Å². The van der Waals surface area contributed by atoms with Crippen molar-refractivity contribution in [3.05, 3.63) is 109 Å². The number of benzene rings is 3. The van der Waals surface area contributed by atoms with E-state index in [1.807, 2.05) is 103 Å². The fraction of sp³-hybridized carbons (Fsp3) is 0.138. The molecule has 4 aromatic rings. The Labute approximate surface area is 244 Å². The smallest absolute Gasteiger partial charge is 0.363 e. The van der Waals surface area contributed by atoms with Gasteiger partial charge in [-0.15, -0.1) is 0 Å². The summed E-state index contributed by atoms with van der Waals surface area (Å²) in [6.07, 6.45) is 1.37. The largest absolute Gasteiger partial charge is 0.438 e. The van der Waals surface area contributed by atoms with Crippen LogP contribution < -0.4 is 48.9 Å². The lowest BCUT2D eigenvalue weighted by Gasteiger charge is -2.37. The van der Waals surface area contributed by atoms with Gasteiger partial charge in [0.1, 0.15) is 17.3 Å². The number of nitrogens with zero attached hydrogens (tertiary/aromatic N) is 4. The van der Waals surface area contributed by atoms with Crippen LogP contribution in [0.3, 0.4) is 0 Å². The summed E-state index contributed by atoms with van der Waals surface area (Å²) in [4.78, 5) is 14.0. The topological polar surface area (TPSA) is 214 Å². The summed E-state index contributed by atoms with van der Waals surface area (Å²) in [7, 11) is 1.84. The van der Waals surface area contributed by atoms with Crippen molar-refractivity contribution in [1.29, 1.82) is 0 Å². The van der Waals surface area contributed by atoms with Crippen LogP contribution in [0.2, 0.25) is 0 Å².